The third kappa shape index (κ3) is 1.52. The first-order chi connectivity index (χ1) is 11.5. The second-order valence-corrected chi connectivity index (χ2v) is 7.11. The third-order valence-corrected chi connectivity index (χ3v) is 5.91. The molecule has 0 aliphatic carbocycles. The smallest absolute Gasteiger partial charge is 0.272 e. The van der Waals surface area contributed by atoms with Gasteiger partial charge < -0.3 is 4.57 Å². The van der Waals surface area contributed by atoms with Crippen molar-refractivity contribution < 1.29 is 9.18 Å². The molecule has 1 saturated heterocycles. The molecule has 3 aliphatic rings. The average molecular weight is 326 g/mol. The number of carbonyl (C=O) groups is 1. The van der Waals surface area contributed by atoms with Crippen molar-refractivity contribution >= 4 is 22.5 Å². The van der Waals surface area contributed by atoms with Crippen molar-refractivity contribution in [2.75, 3.05) is 13.1 Å². The minimum atomic E-state index is -0.380. The van der Waals surface area contributed by atoms with Crippen LogP contribution in [-0.2, 0) is 12.1 Å². The summed E-state index contributed by atoms with van der Waals surface area (Å²) >= 11 is 0. The fourth-order valence-corrected chi connectivity index (χ4v) is 4.86. The maximum Gasteiger partial charge on any atom is 0.272 e. The highest BCUT2D eigenvalue weighted by molar-refractivity contribution is 6.21. The van der Waals surface area contributed by atoms with Crippen molar-refractivity contribution in [1.82, 2.24) is 14.9 Å². The van der Waals surface area contributed by atoms with Gasteiger partial charge in [-0.1, -0.05) is 0 Å². The minimum Gasteiger partial charge on any atom is -0.342 e. The number of carbonyl (C=O) groups excluding carboxylic acids is 1. The van der Waals surface area contributed by atoms with Gasteiger partial charge in [0.25, 0.3) is 5.91 Å². The molecule has 4 heterocycles. The van der Waals surface area contributed by atoms with Gasteiger partial charge in [-0.05, 0) is 45.4 Å². The standard InChI is InChI=1S/C18H19FN4O/c1-3-23-13-8-10(19)7-11-14(13)15-12(20-21-17(11)24)9-22-6-4-5-18(22,2)16(15)23/h7-8H,3-6,9H2,1-2H3,(H,21,24)/t18-/m1/s1. The Morgan fingerprint density at radius 1 is 1.42 bits per heavy atom. The number of nitrogens with zero attached hydrogens (tertiary/aromatic N) is 3. The number of aryl methyl sites for hydroxylation is 1. The zero-order valence-electron chi connectivity index (χ0n) is 13.8. The lowest BCUT2D eigenvalue weighted by atomic mass is 9.85. The van der Waals surface area contributed by atoms with E-state index in [9.17, 15) is 9.18 Å². The lowest BCUT2D eigenvalue weighted by molar-refractivity contribution is 0.0956. The molecule has 1 aromatic heterocycles. The molecule has 1 atom stereocenters. The monoisotopic (exact) mass is 326 g/mol. The topological polar surface area (TPSA) is 49.6 Å². The van der Waals surface area contributed by atoms with Gasteiger partial charge in [0, 0.05) is 29.7 Å². The van der Waals surface area contributed by atoms with Crippen molar-refractivity contribution in [3.05, 3.63) is 34.8 Å². The molecule has 1 N–H and O–H groups in total. The molecule has 2 aromatic rings. The summed E-state index contributed by atoms with van der Waals surface area (Å²) < 4.78 is 16.4. The van der Waals surface area contributed by atoms with Crippen LogP contribution in [0.3, 0.4) is 0 Å². The molecule has 0 bridgehead atoms. The molecule has 0 spiro atoms. The van der Waals surface area contributed by atoms with Crippen molar-refractivity contribution in [3.8, 4) is 0 Å². The number of benzene rings is 1. The number of hydrazone groups is 1. The lowest BCUT2D eigenvalue weighted by Gasteiger charge is -2.41. The molecular formula is C18H19FN4O. The van der Waals surface area contributed by atoms with E-state index in [1.54, 1.807) is 6.07 Å². The first kappa shape index (κ1) is 14.2. The summed E-state index contributed by atoms with van der Waals surface area (Å²) in [7, 11) is 0. The largest absolute Gasteiger partial charge is 0.342 e. The third-order valence-electron chi connectivity index (χ3n) is 5.91. The Labute approximate surface area is 139 Å². The van der Waals surface area contributed by atoms with Gasteiger partial charge in [0.15, 0.2) is 0 Å². The number of hydrogen-bond donors (Lipinski definition) is 1. The van der Waals surface area contributed by atoms with E-state index in [0.29, 0.717) is 5.56 Å². The van der Waals surface area contributed by atoms with E-state index in [0.717, 1.165) is 54.7 Å². The van der Waals surface area contributed by atoms with Gasteiger partial charge in [0.2, 0.25) is 0 Å². The van der Waals surface area contributed by atoms with Crippen molar-refractivity contribution in [3.63, 3.8) is 0 Å². The Kier molecular flexibility index (Phi) is 2.62. The fraction of sp³-hybridized carbons (Fsp3) is 0.444. The summed E-state index contributed by atoms with van der Waals surface area (Å²) in [4.78, 5) is 14.9. The second-order valence-electron chi connectivity index (χ2n) is 7.11. The molecule has 1 aromatic carbocycles. The van der Waals surface area contributed by atoms with Crippen LogP contribution in [0.5, 0.6) is 0 Å². The SMILES string of the molecule is CCn1c2c3c4c(cc(F)cc41)C(=O)NN=C3CN1CCC[C@]21C. The van der Waals surface area contributed by atoms with E-state index in [-0.39, 0.29) is 17.3 Å². The van der Waals surface area contributed by atoms with Crippen molar-refractivity contribution in [2.24, 2.45) is 5.10 Å². The molecule has 3 aliphatic heterocycles. The van der Waals surface area contributed by atoms with E-state index in [1.807, 2.05) is 0 Å². The van der Waals surface area contributed by atoms with Gasteiger partial charge in [0.05, 0.1) is 22.3 Å². The van der Waals surface area contributed by atoms with Crippen molar-refractivity contribution in [2.45, 2.75) is 38.8 Å². The van der Waals surface area contributed by atoms with Gasteiger partial charge in [-0.2, -0.15) is 5.10 Å². The normalized spacial score (nSPS) is 25.5. The van der Waals surface area contributed by atoms with Gasteiger partial charge in [-0.15, -0.1) is 0 Å². The zero-order chi connectivity index (χ0) is 16.6. The predicted molar refractivity (Wildman–Crippen MR) is 89.7 cm³/mol. The van der Waals surface area contributed by atoms with Crippen LogP contribution in [0, 0.1) is 5.82 Å². The first-order valence-electron chi connectivity index (χ1n) is 8.53. The molecule has 24 heavy (non-hydrogen) atoms. The molecule has 0 saturated carbocycles. The molecule has 0 radical (unpaired) electrons. The Balaban J connectivity index is 2.00. The van der Waals surface area contributed by atoms with Gasteiger partial charge in [-0.25, -0.2) is 9.82 Å². The average Bonchev–Trinajstić information content (AvgIpc) is 3.05. The number of nitrogens with one attached hydrogen (secondary N) is 1. The van der Waals surface area contributed by atoms with E-state index in [4.69, 9.17) is 0 Å². The minimum absolute atomic E-state index is 0.0789. The first-order valence-corrected chi connectivity index (χ1v) is 8.53. The van der Waals surface area contributed by atoms with Crippen LogP contribution >= 0.6 is 0 Å². The maximum absolute atomic E-state index is 14.2. The zero-order valence-corrected chi connectivity index (χ0v) is 13.8. The Morgan fingerprint density at radius 2 is 2.25 bits per heavy atom. The Bertz CT molecular complexity index is 944. The molecule has 1 fully saturated rings. The highest BCUT2D eigenvalue weighted by Crippen LogP contribution is 2.47. The molecule has 5 rings (SSSR count). The van der Waals surface area contributed by atoms with Crippen LogP contribution < -0.4 is 5.43 Å². The number of rotatable bonds is 1. The van der Waals surface area contributed by atoms with Crippen LogP contribution in [0.4, 0.5) is 4.39 Å². The van der Waals surface area contributed by atoms with Gasteiger partial charge in [-0.3, -0.25) is 9.69 Å². The van der Waals surface area contributed by atoms with Gasteiger partial charge >= 0.3 is 0 Å². The van der Waals surface area contributed by atoms with Gasteiger partial charge in [0.1, 0.15) is 5.82 Å². The van der Waals surface area contributed by atoms with Crippen LogP contribution in [0.2, 0.25) is 0 Å². The summed E-state index contributed by atoms with van der Waals surface area (Å²) in [5, 5.41) is 5.24. The number of halogens is 1. The van der Waals surface area contributed by atoms with E-state index in [1.165, 1.54) is 11.8 Å². The van der Waals surface area contributed by atoms with E-state index >= 15 is 0 Å². The van der Waals surface area contributed by atoms with Crippen LogP contribution in [0.25, 0.3) is 10.9 Å². The van der Waals surface area contributed by atoms with Crippen molar-refractivity contribution in [1.29, 1.82) is 0 Å². The predicted octanol–water partition coefficient (Wildman–Crippen LogP) is 2.57. The molecular weight excluding hydrogens is 307 g/mol. The number of amides is 1. The lowest BCUT2D eigenvalue weighted by Crippen LogP contribution is -2.48. The summed E-state index contributed by atoms with van der Waals surface area (Å²) in [6.07, 6.45) is 2.21. The molecule has 6 heteroatoms. The Morgan fingerprint density at radius 3 is 3.04 bits per heavy atom. The highest BCUT2D eigenvalue weighted by atomic mass is 19.1. The molecule has 0 unspecified atom stereocenters. The summed E-state index contributed by atoms with van der Waals surface area (Å²) in [6, 6.07) is 2.89. The van der Waals surface area contributed by atoms with Crippen LogP contribution in [-0.4, -0.2) is 34.2 Å². The summed E-state index contributed by atoms with van der Waals surface area (Å²) in [5.74, 6) is -0.711. The van der Waals surface area contributed by atoms with E-state index < -0.39 is 0 Å². The fourth-order valence-electron chi connectivity index (χ4n) is 4.86. The maximum atomic E-state index is 14.2. The van der Waals surface area contributed by atoms with Crippen LogP contribution in [0.1, 0.15) is 48.3 Å². The summed E-state index contributed by atoms with van der Waals surface area (Å²) in [5.41, 5.74) is 6.84. The highest BCUT2D eigenvalue weighted by Gasteiger charge is 2.48. The van der Waals surface area contributed by atoms with Crippen LogP contribution in [0.15, 0.2) is 17.2 Å². The molecule has 5 nitrogen and oxygen atoms in total. The second kappa shape index (κ2) is 4.45. The number of fused-ring (bicyclic) bond motifs is 2. The quantitative estimate of drug-likeness (QED) is 0.876. The number of aromatic nitrogens is 1. The molecule has 1 amide bonds. The molecule has 124 valence electrons. The number of hydrogen-bond acceptors (Lipinski definition) is 3. The Hall–Kier alpha value is -2.21. The van der Waals surface area contributed by atoms with E-state index in [2.05, 4.69) is 33.8 Å². The summed E-state index contributed by atoms with van der Waals surface area (Å²) in [6.45, 7) is 6.83.